The quantitative estimate of drug-likeness (QED) is 0.717. The van der Waals surface area contributed by atoms with Crippen LogP contribution in [0.1, 0.15) is 45.0 Å². The van der Waals surface area contributed by atoms with Crippen LogP contribution in [0.3, 0.4) is 0 Å². The van der Waals surface area contributed by atoms with Crippen molar-refractivity contribution in [1.29, 1.82) is 0 Å². The molecule has 9 heteroatoms. The number of nitrogens with one attached hydrogen (secondary N) is 1. The van der Waals surface area contributed by atoms with E-state index in [-0.39, 0.29) is 31.1 Å². The SMILES string of the molecule is CCOC(=O)c1c(NC(=O)c2ccc3c(c2)OCO3)sc2c1CCN(CC)C2.Cl. The summed E-state index contributed by atoms with van der Waals surface area (Å²) in [6, 6.07) is 5.04. The molecule has 0 atom stereocenters. The van der Waals surface area contributed by atoms with Crippen LogP contribution in [0.5, 0.6) is 11.5 Å². The molecule has 0 saturated carbocycles. The minimum absolute atomic E-state index is 0. The first-order valence-corrected chi connectivity index (χ1v) is 10.2. The third-order valence-electron chi connectivity index (χ3n) is 4.92. The maximum Gasteiger partial charge on any atom is 0.341 e. The summed E-state index contributed by atoms with van der Waals surface area (Å²) < 4.78 is 15.9. The first kappa shape index (κ1) is 21.4. The molecule has 0 fully saturated rings. The molecular formula is C20H23ClN2O5S. The topological polar surface area (TPSA) is 77.1 Å². The summed E-state index contributed by atoms with van der Waals surface area (Å²) in [5, 5.41) is 3.46. The molecule has 2 aliphatic rings. The Bertz CT molecular complexity index is 930. The highest BCUT2D eigenvalue weighted by Crippen LogP contribution is 2.38. The number of carbonyl (C=O) groups excluding carboxylic acids is 2. The van der Waals surface area contributed by atoms with Crippen molar-refractivity contribution in [2.45, 2.75) is 26.8 Å². The van der Waals surface area contributed by atoms with Gasteiger partial charge in [0.15, 0.2) is 11.5 Å². The number of hydrogen-bond donors (Lipinski definition) is 1. The second kappa shape index (κ2) is 9.02. The minimum Gasteiger partial charge on any atom is -0.462 e. The molecule has 3 heterocycles. The molecule has 0 bridgehead atoms. The summed E-state index contributed by atoms with van der Waals surface area (Å²) in [6.45, 7) is 6.96. The number of nitrogens with zero attached hydrogens (tertiary/aromatic N) is 1. The summed E-state index contributed by atoms with van der Waals surface area (Å²) in [4.78, 5) is 28.8. The zero-order valence-corrected chi connectivity index (χ0v) is 17.9. The van der Waals surface area contributed by atoms with Gasteiger partial charge >= 0.3 is 5.97 Å². The number of thiophene rings is 1. The number of amides is 1. The van der Waals surface area contributed by atoms with Crippen LogP contribution in [0.2, 0.25) is 0 Å². The number of fused-ring (bicyclic) bond motifs is 2. The third-order valence-corrected chi connectivity index (χ3v) is 6.06. The van der Waals surface area contributed by atoms with Gasteiger partial charge in [-0.1, -0.05) is 6.92 Å². The Hall–Kier alpha value is -2.29. The largest absolute Gasteiger partial charge is 0.462 e. The smallest absolute Gasteiger partial charge is 0.341 e. The Balaban J connectivity index is 0.00000240. The van der Waals surface area contributed by atoms with Crippen LogP contribution < -0.4 is 14.8 Å². The highest BCUT2D eigenvalue weighted by molar-refractivity contribution is 7.17. The van der Waals surface area contributed by atoms with E-state index in [1.165, 1.54) is 11.3 Å². The van der Waals surface area contributed by atoms with Gasteiger partial charge in [-0.25, -0.2) is 4.79 Å². The Morgan fingerprint density at radius 1 is 1.24 bits per heavy atom. The van der Waals surface area contributed by atoms with Crippen molar-refractivity contribution in [2.24, 2.45) is 0 Å². The van der Waals surface area contributed by atoms with E-state index in [1.54, 1.807) is 25.1 Å². The van der Waals surface area contributed by atoms with Crippen LogP contribution in [0.25, 0.3) is 0 Å². The highest BCUT2D eigenvalue weighted by Gasteiger charge is 2.29. The number of carbonyl (C=O) groups is 2. The van der Waals surface area contributed by atoms with E-state index in [1.807, 2.05) is 0 Å². The van der Waals surface area contributed by atoms with Crippen LogP contribution >= 0.6 is 23.7 Å². The standard InChI is InChI=1S/C20H22N2O5S.ClH/c1-3-22-8-7-13-16(10-22)28-19(17(13)20(24)25-4-2)21-18(23)12-5-6-14-15(9-12)27-11-26-14;/h5-6,9H,3-4,7-8,10-11H2,1-2H3,(H,21,23);1H. The summed E-state index contributed by atoms with van der Waals surface area (Å²) in [5.41, 5.74) is 1.93. The Kier molecular flexibility index (Phi) is 6.66. The van der Waals surface area contributed by atoms with Crippen LogP contribution in [0.4, 0.5) is 5.00 Å². The van der Waals surface area contributed by atoms with Crippen molar-refractivity contribution in [3.63, 3.8) is 0 Å². The number of hydrogen-bond acceptors (Lipinski definition) is 7. The monoisotopic (exact) mass is 438 g/mol. The zero-order valence-electron chi connectivity index (χ0n) is 16.3. The van der Waals surface area contributed by atoms with E-state index >= 15 is 0 Å². The van der Waals surface area contributed by atoms with E-state index < -0.39 is 0 Å². The number of likely N-dealkylation sites (N-methyl/N-ethyl adjacent to an activating group) is 1. The number of esters is 1. The van der Waals surface area contributed by atoms with E-state index in [9.17, 15) is 9.59 Å². The fraction of sp³-hybridized carbons (Fsp3) is 0.400. The van der Waals surface area contributed by atoms with Gasteiger partial charge in [0.2, 0.25) is 6.79 Å². The van der Waals surface area contributed by atoms with Gasteiger partial charge in [-0.15, -0.1) is 23.7 Å². The Labute approximate surface area is 179 Å². The molecule has 0 radical (unpaired) electrons. The summed E-state index contributed by atoms with van der Waals surface area (Å²) >= 11 is 1.45. The predicted octanol–water partition coefficient (Wildman–Crippen LogP) is 3.71. The van der Waals surface area contributed by atoms with Gasteiger partial charge in [-0.05, 0) is 43.7 Å². The lowest BCUT2D eigenvalue weighted by atomic mass is 10.0. The van der Waals surface area contributed by atoms with Gasteiger partial charge < -0.3 is 19.5 Å². The minimum atomic E-state index is -0.383. The van der Waals surface area contributed by atoms with Crippen molar-refractivity contribution in [3.05, 3.63) is 39.8 Å². The van der Waals surface area contributed by atoms with Crippen molar-refractivity contribution < 1.29 is 23.8 Å². The van der Waals surface area contributed by atoms with Crippen LogP contribution in [-0.2, 0) is 17.7 Å². The lowest BCUT2D eigenvalue weighted by molar-refractivity contribution is 0.0526. The molecule has 0 saturated heterocycles. The van der Waals surface area contributed by atoms with Gasteiger partial charge in [0.1, 0.15) is 5.00 Å². The number of ether oxygens (including phenoxy) is 3. The van der Waals surface area contributed by atoms with Crippen molar-refractivity contribution in [1.82, 2.24) is 4.90 Å². The van der Waals surface area contributed by atoms with Gasteiger partial charge in [0.05, 0.1) is 12.2 Å². The van der Waals surface area contributed by atoms with E-state index in [0.717, 1.165) is 36.5 Å². The molecule has 1 aromatic heterocycles. The van der Waals surface area contributed by atoms with Crippen molar-refractivity contribution in [3.8, 4) is 11.5 Å². The fourth-order valence-electron chi connectivity index (χ4n) is 3.45. The van der Waals surface area contributed by atoms with Gasteiger partial charge in [0, 0.05) is 23.5 Å². The van der Waals surface area contributed by atoms with Crippen LogP contribution in [0, 0.1) is 0 Å². The van der Waals surface area contributed by atoms with Gasteiger partial charge in [0.25, 0.3) is 5.91 Å². The highest BCUT2D eigenvalue weighted by atomic mass is 35.5. The average Bonchev–Trinajstić information content (AvgIpc) is 3.30. The Morgan fingerprint density at radius 3 is 2.79 bits per heavy atom. The number of anilines is 1. The first-order valence-electron chi connectivity index (χ1n) is 9.35. The number of rotatable bonds is 5. The second-order valence-electron chi connectivity index (χ2n) is 6.57. The lowest BCUT2D eigenvalue weighted by Crippen LogP contribution is -2.30. The summed E-state index contributed by atoms with van der Waals surface area (Å²) in [6.07, 6.45) is 0.772. The lowest BCUT2D eigenvalue weighted by Gasteiger charge is -2.25. The number of halogens is 1. The molecule has 0 aliphatic carbocycles. The maximum absolute atomic E-state index is 12.8. The van der Waals surface area contributed by atoms with Crippen LogP contribution in [-0.4, -0.2) is 43.3 Å². The average molecular weight is 439 g/mol. The van der Waals surface area contributed by atoms with E-state index in [4.69, 9.17) is 14.2 Å². The fourth-order valence-corrected chi connectivity index (χ4v) is 4.72. The third kappa shape index (κ3) is 4.19. The maximum atomic E-state index is 12.8. The molecule has 1 N–H and O–H groups in total. The molecule has 29 heavy (non-hydrogen) atoms. The number of benzene rings is 1. The first-order chi connectivity index (χ1) is 13.6. The van der Waals surface area contributed by atoms with Crippen molar-refractivity contribution in [2.75, 3.05) is 31.8 Å². The molecule has 0 unspecified atom stereocenters. The van der Waals surface area contributed by atoms with E-state index in [2.05, 4.69) is 17.1 Å². The Morgan fingerprint density at radius 2 is 2.03 bits per heavy atom. The van der Waals surface area contributed by atoms with E-state index in [0.29, 0.717) is 34.2 Å². The molecule has 1 aromatic carbocycles. The molecule has 1 amide bonds. The molecule has 4 rings (SSSR count). The zero-order chi connectivity index (χ0) is 19.7. The molecule has 156 valence electrons. The van der Waals surface area contributed by atoms with Gasteiger partial charge in [-0.3, -0.25) is 9.69 Å². The molecule has 7 nitrogen and oxygen atoms in total. The van der Waals surface area contributed by atoms with Crippen molar-refractivity contribution >= 4 is 40.6 Å². The van der Waals surface area contributed by atoms with Crippen LogP contribution in [0.15, 0.2) is 18.2 Å². The molecule has 2 aromatic rings. The summed E-state index contributed by atoms with van der Waals surface area (Å²) in [7, 11) is 0. The molecule has 2 aliphatic heterocycles. The van der Waals surface area contributed by atoms with Gasteiger partial charge in [-0.2, -0.15) is 0 Å². The normalized spacial score (nSPS) is 14.7. The molecule has 0 spiro atoms. The predicted molar refractivity (Wildman–Crippen MR) is 113 cm³/mol. The molecular weight excluding hydrogens is 416 g/mol. The second-order valence-corrected chi connectivity index (χ2v) is 7.67. The summed E-state index contributed by atoms with van der Waals surface area (Å²) in [5.74, 6) is 0.484.